The van der Waals surface area contributed by atoms with Crippen LogP contribution in [0.25, 0.3) is 0 Å². The predicted molar refractivity (Wildman–Crippen MR) is 87.2 cm³/mol. The Bertz CT molecular complexity index is 555. The summed E-state index contributed by atoms with van der Waals surface area (Å²) in [5.41, 5.74) is 7.60. The van der Waals surface area contributed by atoms with Gasteiger partial charge in [-0.1, -0.05) is 6.07 Å². The van der Waals surface area contributed by atoms with Crippen LogP contribution in [0.1, 0.15) is 6.42 Å². The Kier molecular flexibility index (Phi) is 5.32. The van der Waals surface area contributed by atoms with E-state index in [0.29, 0.717) is 6.61 Å². The maximum absolute atomic E-state index is 5.71. The highest BCUT2D eigenvalue weighted by molar-refractivity contribution is 5.48. The van der Waals surface area contributed by atoms with Crippen LogP contribution in [0.15, 0.2) is 48.5 Å². The smallest absolute Gasteiger partial charge is 0.121 e. The van der Waals surface area contributed by atoms with Crippen molar-refractivity contribution in [1.82, 2.24) is 0 Å². The van der Waals surface area contributed by atoms with Crippen molar-refractivity contribution < 1.29 is 9.47 Å². The van der Waals surface area contributed by atoms with E-state index in [2.05, 4.69) is 24.1 Å². The number of methoxy groups -OCH3 is 1. The van der Waals surface area contributed by atoms with E-state index in [4.69, 9.17) is 15.2 Å². The van der Waals surface area contributed by atoms with Crippen molar-refractivity contribution in [3.63, 3.8) is 0 Å². The zero-order chi connectivity index (χ0) is 15.1. The zero-order valence-electron chi connectivity index (χ0n) is 12.6. The molecule has 0 amide bonds. The van der Waals surface area contributed by atoms with Gasteiger partial charge in [-0.25, -0.2) is 0 Å². The second-order valence-corrected chi connectivity index (χ2v) is 4.89. The highest BCUT2D eigenvalue weighted by atomic mass is 16.5. The molecule has 0 unspecified atom stereocenters. The van der Waals surface area contributed by atoms with Gasteiger partial charge in [0.25, 0.3) is 0 Å². The van der Waals surface area contributed by atoms with Crippen molar-refractivity contribution in [3.8, 4) is 11.5 Å². The van der Waals surface area contributed by atoms with Crippen molar-refractivity contribution in [3.05, 3.63) is 48.5 Å². The van der Waals surface area contributed by atoms with Crippen LogP contribution in [0.2, 0.25) is 0 Å². The van der Waals surface area contributed by atoms with Gasteiger partial charge < -0.3 is 20.1 Å². The Labute approximate surface area is 126 Å². The number of ether oxygens (including phenoxy) is 2. The summed E-state index contributed by atoms with van der Waals surface area (Å²) >= 11 is 0. The molecule has 2 aromatic rings. The van der Waals surface area contributed by atoms with Crippen molar-refractivity contribution in [2.45, 2.75) is 6.42 Å². The van der Waals surface area contributed by atoms with Crippen LogP contribution in [0.5, 0.6) is 11.5 Å². The number of anilines is 2. The van der Waals surface area contributed by atoms with Crippen LogP contribution in [-0.4, -0.2) is 27.3 Å². The number of hydrogen-bond acceptors (Lipinski definition) is 4. The minimum atomic E-state index is 0.671. The molecule has 0 fully saturated rings. The van der Waals surface area contributed by atoms with Crippen LogP contribution < -0.4 is 20.1 Å². The number of benzene rings is 2. The van der Waals surface area contributed by atoms with Crippen molar-refractivity contribution in [2.75, 3.05) is 37.9 Å². The Hall–Kier alpha value is -2.36. The van der Waals surface area contributed by atoms with Crippen LogP contribution in [-0.2, 0) is 0 Å². The Morgan fingerprint density at radius 3 is 2.48 bits per heavy atom. The van der Waals surface area contributed by atoms with Gasteiger partial charge in [-0.2, -0.15) is 0 Å². The van der Waals surface area contributed by atoms with Crippen LogP contribution in [0, 0.1) is 0 Å². The molecule has 2 rings (SSSR count). The summed E-state index contributed by atoms with van der Waals surface area (Å²) in [7, 11) is 3.74. The van der Waals surface area contributed by atoms with Crippen LogP contribution >= 0.6 is 0 Å². The Morgan fingerprint density at radius 1 is 1.05 bits per heavy atom. The van der Waals surface area contributed by atoms with Gasteiger partial charge in [0, 0.05) is 31.0 Å². The van der Waals surface area contributed by atoms with Gasteiger partial charge in [-0.05, 0) is 42.8 Å². The third kappa shape index (κ3) is 4.60. The molecule has 0 atom stereocenters. The topological polar surface area (TPSA) is 47.7 Å². The average molecular weight is 286 g/mol. The second kappa shape index (κ2) is 7.43. The standard InChI is InChI=1S/C17H22N2O2/c1-19(15-7-9-16(20-2)10-8-15)11-4-12-21-17-6-3-5-14(18)13-17/h3,5-10,13H,4,11-12,18H2,1-2H3. The van der Waals surface area contributed by atoms with Gasteiger partial charge in [0.05, 0.1) is 13.7 Å². The lowest BCUT2D eigenvalue weighted by molar-refractivity contribution is 0.312. The first-order valence-electron chi connectivity index (χ1n) is 7.02. The Balaban J connectivity index is 1.74. The second-order valence-electron chi connectivity index (χ2n) is 4.89. The van der Waals surface area contributed by atoms with Gasteiger partial charge in [0.15, 0.2) is 0 Å². The van der Waals surface area contributed by atoms with E-state index in [1.165, 1.54) is 5.69 Å². The molecule has 4 nitrogen and oxygen atoms in total. The highest BCUT2D eigenvalue weighted by Gasteiger charge is 2.01. The number of nitrogen functional groups attached to an aromatic ring is 1. The molecule has 0 saturated carbocycles. The third-order valence-corrected chi connectivity index (χ3v) is 3.28. The first-order chi connectivity index (χ1) is 10.2. The van der Waals surface area contributed by atoms with Gasteiger partial charge in [0.2, 0.25) is 0 Å². The largest absolute Gasteiger partial charge is 0.497 e. The molecule has 0 aromatic heterocycles. The summed E-state index contributed by atoms with van der Waals surface area (Å²) in [6, 6.07) is 15.6. The summed E-state index contributed by atoms with van der Waals surface area (Å²) in [5.74, 6) is 1.69. The van der Waals surface area contributed by atoms with Gasteiger partial charge in [-0.3, -0.25) is 0 Å². The first-order valence-corrected chi connectivity index (χ1v) is 7.02. The molecule has 0 bridgehead atoms. The van der Waals surface area contributed by atoms with E-state index in [1.807, 2.05) is 36.4 Å². The molecular formula is C17H22N2O2. The maximum Gasteiger partial charge on any atom is 0.121 e. The predicted octanol–water partition coefficient (Wildman–Crippen LogP) is 3.18. The fraction of sp³-hybridized carbons (Fsp3) is 0.294. The van der Waals surface area contributed by atoms with Gasteiger partial charge in [0.1, 0.15) is 11.5 Å². The normalized spacial score (nSPS) is 10.2. The van der Waals surface area contributed by atoms with Crippen molar-refractivity contribution in [1.29, 1.82) is 0 Å². The molecule has 0 spiro atoms. The minimum absolute atomic E-state index is 0.671. The molecule has 0 saturated heterocycles. The third-order valence-electron chi connectivity index (χ3n) is 3.28. The molecule has 0 aliphatic heterocycles. The van der Waals surface area contributed by atoms with E-state index in [0.717, 1.165) is 30.2 Å². The summed E-state index contributed by atoms with van der Waals surface area (Å²) in [6.45, 7) is 1.60. The fourth-order valence-corrected chi connectivity index (χ4v) is 2.06. The molecule has 0 aliphatic carbocycles. The van der Waals surface area contributed by atoms with E-state index in [9.17, 15) is 0 Å². The lowest BCUT2D eigenvalue weighted by Crippen LogP contribution is -2.20. The fourth-order valence-electron chi connectivity index (χ4n) is 2.06. The molecule has 0 aliphatic rings. The number of nitrogens with two attached hydrogens (primary N) is 1. The van der Waals surface area contributed by atoms with Gasteiger partial charge >= 0.3 is 0 Å². The molecule has 0 heterocycles. The SMILES string of the molecule is COc1ccc(N(C)CCCOc2cccc(N)c2)cc1. The summed E-state index contributed by atoms with van der Waals surface area (Å²) in [6.07, 6.45) is 0.942. The van der Waals surface area contributed by atoms with E-state index < -0.39 is 0 Å². The highest BCUT2D eigenvalue weighted by Crippen LogP contribution is 2.18. The van der Waals surface area contributed by atoms with Crippen molar-refractivity contribution in [2.24, 2.45) is 0 Å². The molecular weight excluding hydrogens is 264 g/mol. The van der Waals surface area contributed by atoms with E-state index >= 15 is 0 Å². The van der Waals surface area contributed by atoms with E-state index in [-0.39, 0.29) is 0 Å². The van der Waals surface area contributed by atoms with Gasteiger partial charge in [-0.15, -0.1) is 0 Å². The zero-order valence-corrected chi connectivity index (χ0v) is 12.6. The minimum Gasteiger partial charge on any atom is -0.497 e. The lowest BCUT2D eigenvalue weighted by atomic mass is 10.2. The molecule has 0 radical (unpaired) electrons. The summed E-state index contributed by atoms with van der Waals surface area (Å²) < 4.78 is 10.8. The number of nitrogens with zero attached hydrogens (tertiary/aromatic N) is 1. The molecule has 21 heavy (non-hydrogen) atoms. The molecule has 2 N–H and O–H groups in total. The molecule has 4 heteroatoms. The lowest BCUT2D eigenvalue weighted by Gasteiger charge is -2.19. The number of rotatable bonds is 7. The maximum atomic E-state index is 5.71. The number of hydrogen-bond donors (Lipinski definition) is 1. The molecule has 2 aromatic carbocycles. The molecule has 112 valence electrons. The first kappa shape index (κ1) is 15.0. The quantitative estimate of drug-likeness (QED) is 0.627. The van der Waals surface area contributed by atoms with Crippen molar-refractivity contribution >= 4 is 11.4 Å². The van der Waals surface area contributed by atoms with Crippen LogP contribution in [0.3, 0.4) is 0 Å². The van der Waals surface area contributed by atoms with E-state index in [1.54, 1.807) is 7.11 Å². The summed E-state index contributed by atoms with van der Waals surface area (Å²) in [5, 5.41) is 0. The average Bonchev–Trinajstić information content (AvgIpc) is 2.51. The van der Waals surface area contributed by atoms with Crippen LogP contribution in [0.4, 0.5) is 11.4 Å². The summed E-state index contributed by atoms with van der Waals surface area (Å²) in [4.78, 5) is 2.20. The Morgan fingerprint density at radius 2 is 1.81 bits per heavy atom. The monoisotopic (exact) mass is 286 g/mol.